The van der Waals surface area contributed by atoms with Crippen LogP contribution in [-0.4, -0.2) is 23.9 Å². The maximum Gasteiger partial charge on any atom is 0.0600 e. The molecule has 1 aromatic rings. The van der Waals surface area contributed by atoms with Crippen LogP contribution in [0.4, 0.5) is 0 Å². The molecule has 0 heterocycles. The molecule has 0 radical (unpaired) electrons. The third-order valence-corrected chi connectivity index (χ3v) is 3.16. The van der Waals surface area contributed by atoms with Crippen LogP contribution >= 0.6 is 0 Å². The van der Waals surface area contributed by atoms with Gasteiger partial charge in [0.05, 0.1) is 12.2 Å². The van der Waals surface area contributed by atoms with Gasteiger partial charge in [-0.25, -0.2) is 0 Å². The molecule has 0 bridgehead atoms. The summed E-state index contributed by atoms with van der Waals surface area (Å²) in [5.41, 5.74) is 1.37. The number of aryl methyl sites for hydroxylation is 1. The molecular formula is C14H20O2. The molecule has 1 saturated carbocycles. The van der Waals surface area contributed by atoms with E-state index in [0.717, 1.165) is 38.7 Å². The van der Waals surface area contributed by atoms with Gasteiger partial charge in [0, 0.05) is 6.61 Å². The molecule has 2 unspecified atom stereocenters. The summed E-state index contributed by atoms with van der Waals surface area (Å²) in [6, 6.07) is 10.5. The molecule has 1 aliphatic rings. The minimum atomic E-state index is -0.126. The van der Waals surface area contributed by atoms with Crippen LogP contribution in [0, 0.1) is 0 Å². The highest BCUT2D eigenvalue weighted by molar-refractivity contribution is 5.14. The zero-order chi connectivity index (χ0) is 11.2. The molecule has 1 aromatic carbocycles. The topological polar surface area (TPSA) is 29.5 Å². The summed E-state index contributed by atoms with van der Waals surface area (Å²) in [5, 5.41) is 9.35. The van der Waals surface area contributed by atoms with Gasteiger partial charge in [0.15, 0.2) is 0 Å². The average Bonchev–Trinajstić information content (AvgIpc) is 2.72. The normalized spacial score (nSPS) is 24.8. The fourth-order valence-corrected chi connectivity index (χ4v) is 2.24. The number of benzene rings is 1. The molecule has 2 nitrogen and oxygen atoms in total. The number of aliphatic hydroxyl groups is 1. The smallest absolute Gasteiger partial charge is 0.0600 e. The Labute approximate surface area is 97.3 Å². The fourth-order valence-electron chi connectivity index (χ4n) is 2.24. The second kappa shape index (κ2) is 6.02. The van der Waals surface area contributed by atoms with Crippen molar-refractivity contribution in [3.8, 4) is 0 Å². The van der Waals surface area contributed by atoms with Crippen LogP contribution in [0.5, 0.6) is 0 Å². The summed E-state index contributed by atoms with van der Waals surface area (Å²) >= 11 is 0. The average molecular weight is 220 g/mol. The van der Waals surface area contributed by atoms with Gasteiger partial charge in [0.2, 0.25) is 0 Å². The van der Waals surface area contributed by atoms with E-state index < -0.39 is 0 Å². The maximum atomic E-state index is 9.35. The van der Waals surface area contributed by atoms with Gasteiger partial charge in [-0.15, -0.1) is 0 Å². The Morgan fingerprint density at radius 2 is 2.00 bits per heavy atom. The van der Waals surface area contributed by atoms with Gasteiger partial charge in [-0.1, -0.05) is 30.3 Å². The number of hydrogen-bond acceptors (Lipinski definition) is 2. The lowest BCUT2D eigenvalue weighted by Gasteiger charge is -2.10. The summed E-state index contributed by atoms with van der Waals surface area (Å²) in [6.45, 7) is 0.812. The van der Waals surface area contributed by atoms with Crippen molar-refractivity contribution in [2.24, 2.45) is 0 Å². The van der Waals surface area contributed by atoms with Crippen LogP contribution < -0.4 is 0 Å². The molecular weight excluding hydrogens is 200 g/mol. The summed E-state index contributed by atoms with van der Waals surface area (Å²) < 4.78 is 5.74. The van der Waals surface area contributed by atoms with Crippen molar-refractivity contribution in [1.82, 2.24) is 0 Å². The number of ether oxygens (including phenoxy) is 1. The first-order valence-electron chi connectivity index (χ1n) is 6.18. The molecule has 0 saturated heterocycles. The molecule has 2 atom stereocenters. The summed E-state index contributed by atoms with van der Waals surface area (Å²) in [4.78, 5) is 0. The van der Waals surface area contributed by atoms with Crippen molar-refractivity contribution in [3.05, 3.63) is 35.9 Å². The zero-order valence-corrected chi connectivity index (χ0v) is 9.64. The van der Waals surface area contributed by atoms with Crippen LogP contribution in [0.1, 0.15) is 31.2 Å². The highest BCUT2D eigenvalue weighted by Gasteiger charge is 2.22. The van der Waals surface area contributed by atoms with E-state index in [2.05, 4.69) is 24.3 Å². The molecule has 1 fully saturated rings. The highest BCUT2D eigenvalue weighted by Crippen LogP contribution is 2.21. The Morgan fingerprint density at radius 3 is 2.69 bits per heavy atom. The molecule has 88 valence electrons. The Kier molecular flexibility index (Phi) is 4.37. The van der Waals surface area contributed by atoms with Crippen LogP contribution in [0.25, 0.3) is 0 Å². The van der Waals surface area contributed by atoms with Crippen molar-refractivity contribution in [2.45, 2.75) is 44.3 Å². The molecule has 16 heavy (non-hydrogen) atoms. The van der Waals surface area contributed by atoms with E-state index in [9.17, 15) is 5.11 Å². The molecule has 0 spiro atoms. The highest BCUT2D eigenvalue weighted by atomic mass is 16.5. The SMILES string of the molecule is OC1CCC(OCCCc2ccccc2)C1. The predicted molar refractivity (Wildman–Crippen MR) is 64.4 cm³/mol. The minimum absolute atomic E-state index is 0.126. The largest absolute Gasteiger partial charge is 0.393 e. The van der Waals surface area contributed by atoms with E-state index in [-0.39, 0.29) is 6.10 Å². The molecule has 0 aliphatic heterocycles. The van der Waals surface area contributed by atoms with Crippen LogP contribution in [0.2, 0.25) is 0 Å². The van der Waals surface area contributed by atoms with Gasteiger partial charge in [-0.2, -0.15) is 0 Å². The molecule has 2 rings (SSSR count). The first-order valence-corrected chi connectivity index (χ1v) is 6.18. The van der Waals surface area contributed by atoms with Crippen LogP contribution in [-0.2, 0) is 11.2 Å². The maximum absolute atomic E-state index is 9.35. The van der Waals surface area contributed by atoms with Crippen LogP contribution in [0.3, 0.4) is 0 Å². The lowest BCUT2D eigenvalue weighted by molar-refractivity contribution is 0.0461. The lowest BCUT2D eigenvalue weighted by atomic mass is 10.1. The number of hydrogen-bond donors (Lipinski definition) is 1. The summed E-state index contributed by atoms with van der Waals surface area (Å²) in [6.07, 6.45) is 5.07. The van der Waals surface area contributed by atoms with Gasteiger partial charge >= 0.3 is 0 Å². The molecule has 0 aromatic heterocycles. The second-order valence-corrected chi connectivity index (χ2v) is 4.55. The summed E-state index contributed by atoms with van der Waals surface area (Å²) in [7, 11) is 0. The third kappa shape index (κ3) is 3.62. The summed E-state index contributed by atoms with van der Waals surface area (Å²) in [5.74, 6) is 0. The van der Waals surface area contributed by atoms with Gasteiger partial charge in [0.25, 0.3) is 0 Å². The van der Waals surface area contributed by atoms with Gasteiger partial charge in [0.1, 0.15) is 0 Å². The van der Waals surface area contributed by atoms with Crippen molar-refractivity contribution in [3.63, 3.8) is 0 Å². The Balaban J connectivity index is 1.59. The molecule has 0 amide bonds. The molecule has 2 heteroatoms. The van der Waals surface area contributed by atoms with Gasteiger partial charge in [-0.05, 0) is 37.7 Å². The van der Waals surface area contributed by atoms with Crippen molar-refractivity contribution in [1.29, 1.82) is 0 Å². The van der Waals surface area contributed by atoms with Crippen molar-refractivity contribution >= 4 is 0 Å². The third-order valence-electron chi connectivity index (χ3n) is 3.16. The van der Waals surface area contributed by atoms with Crippen LogP contribution in [0.15, 0.2) is 30.3 Å². The Bertz CT molecular complexity index is 297. The quantitative estimate of drug-likeness (QED) is 0.773. The predicted octanol–water partition coefficient (Wildman–Crippen LogP) is 2.55. The fraction of sp³-hybridized carbons (Fsp3) is 0.571. The van der Waals surface area contributed by atoms with E-state index >= 15 is 0 Å². The van der Waals surface area contributed by atoms with Crippen molar-refractivity contribution in [2.75, 3.05) is 6.61 Å². The van der Waals surface area contributed by atoms with Crippen molar-refractivity contribution < 1.29 is 9.84 Å². The van der Waals surface area contributed by atoms with E-state index in [4.69, 9.17) is 4.74 Å². The minimum Gasteiger partial charge on any atom is -0.393 e. The van der Waals surface area contributed by atoms with E-state index in [0.29, 0.717) is 6.10 Å². The standard InChI is InChI=1S/C14H20O2/c15-13-8-9-14(11-13)16-10-4-7-12-5-2-1-3-6-12/h1-3,5-6,13-15H,4,7-11H2. The zero-order valence-electron chi connectivity index (χ0n) is 9.64. The van der Waals surface area contributed by atoms with Gasteiger partial charge in [-0.3, -0.25) is 0 Å². The molecule has 1 aliphatic carbocycles. The number of rotatable bonds is 5. The first-order chi connectivity index (χ1) is 7.84. The number of aliphatic hydroxyl groups excluding tert-OH is 1. The Morgan fingerprint density at radius 1 is 1.19 bits per heavy atom. The first kappa shape index (κ1) is 11.6. The molecule has 1 N–H and O–H groups in total. The Hall–Kier alpha value is -0.860. The second-order valence-electron chi connectivity index (χ2n) is 4.55. The van der Waals surface area contributed by atoms with Gasteiger partial charge < -0.3 is 9.84 Å². The monoisotopic (exact) mass is 220 g/mol. The van der Waals surface area contributed by atoms with E-state index in [1.165, 1.54) is 5.56 Å². The lowest BCUT2D eigenvalue weighted by Crippen LogP contribution is -2.11. The van der Waals surface area contributed by atoms with E-state index in [1.807, 2.05) is 6.07 Å². The van der Waals surface area contributed by atoms with E-state index in [1.54, 1.807) is 0 Å².